The van der Waals surface area contributed by atoms with E-state index in [2.05, 4.69) is 23.5 Å². The first kappa shape index (κ1) is 31.5. The maximum absolute atomic E-state index is 12.5. The van der Waals surface area contributed by atoms with E-state index in [4.69, 9.17) is 14.2 Å². The first-order valence-corrected chi connectivity index (χ1v) is 14.4. The van der Waals surface area contributed by atoms with Crippen molar-refractivity contribution in [3.63, 3.8) is 0 Å². The number of aryl methyl sites for hydroxylation is 1. The van der Waals surface area contributed by atoms with Crippen LogP contribution in [-0.2, 0) is 35.3 Å². The standard InChI is InChI=1S/C34H44N2O5/c1-36(24-22-26-11-6-5-7-12-26)33(38)16-9-8-15-32(37)35-23-21-28-18-20-31(40-3)34(41-4)30(28)19-17-27-13-10-14-29(25-27)39-2/h5-7,10-14,18,20,25H,8-9,15-17,19,21-24H2,1-4H3,(H,35,37). The number of hydrogen-bond acceptors (Lipinski definition) is 5. The van der Waals surface area contributed by atoms with Crippen molar-refractivity contribution in [1.82, 2.24) is 10.2 Å². The second kappa shape index (κ2) is 17.0. The molecule has 0 radical (unpaired) electrons. The molecule has 0 aromatic heterocycles. The van der Waals surface area contributed by atoms with Gasteiger partial charge in [-0.15, -0.1) is 0 Å². The van der Waals surface area contributed by atoms with Crippen LogP contribution >= 0.6 is 0 Å². The first-order chi connectivity index (χ1) is 19.9. The molecule has 7 nitrogen and oxygen atoms in total. The third-order valence-electron chi connectivity index (χ3n) is 7.31. The number of methoxy groups -OCH3 is 3. The van der Waals surface area contributed by atoms with E-state index in [0.29, 0.717) is 50.9 Å². The molecule has 41 heavy (non-hydrogen) atoms. The summed E-state index contributed by atoms with van der Waals surface area (Å²) in [5.41, 5.74) is 4.60. The molecule has 220 valence electrons. The third kappa shape index (κ3) is 10.2. The minimum Gasteiger partial charge on any atom is -0.497 e. The van der Waals surface area contributed by atoms with E-state index in [0.717, 1.165) is 41.9 Å². The number of ether oxygens (including phenoxy) is 3. The summed E-state index contributed by atoms with van der Waals surface area (Å²) in [7, 11) is 6.81. The molecule has 0 spiro atoms. The van der Waals surface area contributed by atoms with Crippen LogP contribution < -0.4 is 19.5 Å². The molecule has 3 rings (SSSR count). The lowest BCUT2D eigenvalue weighted by Gasteiger charge is -2.18. The van der Waals surface area contributed by atoms with Gasteiger partial charge in [0, 0.05) is 38.5 Å². The maximum atomic E-state index is 12.5. The molecule has 0 aliphatic rings. The average Bonchev–Trinajstić information content (AvgIpc) is 3.01. The Hall–Kier alpha value is -4.00. The molecule has 2 amide bonds. The van der Waals surface area contributed by atoms with Crippen LogP contribution in [-0.4, -0.2) is 58.2 Å². The van der Waals surface area contributed by atoms with Crippen molar-refractivity contribution in [3.05, 3.63) is 89.0 Å². The highest BCUT2D eigenvalue weighted by molar-refractivity contribution is 5.77. The maximum Gasteiger partial charge on any atom is 0.222 e. The Labute approximate surface area is 244 Å². The van der Waals surface area contributed by atoms with Gasteiger partial charge >= 0.3 is 0 Å². The van der Waals surface area contributed by atoms with Crippen LogP contribution in [0.5, 0.6) is 17.2 Å². The Morgan fingerprint density at radius 3 is 2.24 bits per heavy atom. The van der Waals surface area contributed by atoms with Gasteiger partial charge in [0.25, 0.3) is 0 Å². The number of likely N-dealkylation sites (N-methyl/N-ethyl adjacent to an activating group) is 1. The lowest BCUT2D eigenvalue weighted by atomic mass is 9.96. The predicted octanol–water partition coefficient (Wildman–Crippen LogP) is 5.42. The van der Waals surface area contributed by atoms with Crippen molar-refractivity contribution in [2.24, 2.45) is 0 Å². The summed E-state index contributed by atoms with van der Waals surface area (Å²) in [6.07, 6.45) is 5.37. The molecular formula is C34H44N2O5. The first-order valence-electron chi connectivity index (χ1n) is 14.4. The number of benzene rings is 3. The molecule has 0 unspecified atom stereocenters. The van der Waals surface area contributed by atoms with Crippen molar-refractivity contribution in [2.75, 3.05) is 41.5 Å². The highest BCUT2D eigenvalue weighted by Crippen LogP contribution is 2.34. The lowest BCUT2D eigenvalue weighted by Crippen LogP contribution is -2.29. The molecule has 0 fully saturated rings. The topological polar surface area (TPSA) is 77.1 Å². The van der Waals surface area contributed by atoms with Crippen LogP contribution in [0, 0.1) is 0 Å². The fourth-order valence-corrected chi connectivity index (χ4v) is 4.88. The van der Waals surface area contributed by atoms with Crippen molar-refractivity contribution < 1.29 is 23.8 Å². The molecule has 0 saturated carbocycles. The van der Waals surface area contributed by atoms with Gasteiger partial charge in [-0.25, -0.2) is 0 Å². The average molecular weight is 561 g/mol. The summed E-state index contributed by atoms with van der Waals surface area (Å²) in [5.74, 6) is 2.39. The smallest absolute Gasteiger partial charge is 0.222 e. The van der Waals surface area contributed by atoms with Gasteiger partial charge in [-0.1, -0.05) is 48.5 Å². The molecule has 3 aromatic carbocycles. The van der Waals surface area contributed by atoms with E-state index in [1.165, 1.54) is 11.1 Å². The van der Waals surface area contributed by atoms with Crippen molar-refractivity contribution in [3.8, 4) is 17.2 Å². The van der Waals surface area contributed by atoms with Crippen LogP contribution in [0.15, 0.2) is 66.7 Å². The Bertz CT molecular complexity index is 1250. The number of amides is 2. The van der Waals surface area contributed by atoms with Crippen molar-refractivity contribution in [2.45, 2.75) is 51.4 Å². The van der Waals surface area contributed by atoms with Crippen molar-refractivity contribution in [1.29, 1.82) is 0 Å². The lowest BCUT2D eigenvalue weighted by molar-refractivity contribution is -0.130. The predicted molar refractivity (Wildman–Crippen MR) is 163 cm³/mol. The van der Waals surface area contributed by atoms with E-state index in [-0.39, 0.29) is 11.8 Å². The summed E-state index contributed by atoms with van der Waals surface area (Å²) < 4.78 is 16.6. The Morgan fingerprint density at radius 2 is 1.51 bits per heavy atom. The highest BCUT2D eigenvalue weighted by Gasteiger charge is 2.16. The zero-order valence-corrected chi connectivity index (χ0v) is 24.9. The Kier molecular flexibility index (Phi) is 13.0. The van der Waals surface area contributed by atoms with Crippen LogP contribution in [0.2, 0.25) is 0 Å². The monoisotopic (exact) mass is 560 g/mol. The number of carbonyl (C=O) groups excluding carboxylic acids is 2. The number of carbonyl (C=O) groups is 2. The largest absolute Gasteiger partial charge is 0.497 e. The normalized spacial score (nSPS) is 10.6. The molecule has 7 heteroatoms. The van der Waals surface area contributed by atoms with Gasteiger partial charge in [0.1, 0.15) is 5.75 Å². The molecular weight excluding hydrogens is 516 g/mol. The van der Waals surface area contributed by atoms with Crippen LogP contribution in [0.25, 0.3) is 0 Å². The molecule has 0 bridgehead atoms. The third-order valence-corrected chi connectivity index (χ3v) is 7.31. The Morgan fingerprint density at radius 1 is 0.756 bits per heavy atom. The summed E-state index contributed by atoms with van der Waals surface area (Å²) in [6, 6.07) is 22.2. The fourth-order valence-electron chi connectivity index (χ4n) is 4.88. The quantitative estimate of drug-likeness (QED) is 0.223. The van der Waals surface area contributed by atoms with E-state index in [1.54, 1.807) is 26.2 Å². The summed E-state index contributed by atoms with van der Waals surface area (Å²) in [5, 5.41) is 3.04. The summed E-state index contributed by atoms with van der Waals surface area (Å²) in [6.45, 7) is 1.22. The zero-order valence-electron chi connectivity index (χ0n) is 24.9. The second-order valence-electron chi connectivity index (χ2n) is 10.1. The minimum atomic E-state index is 0.00767. The molecule has 0 aliphatic carbocycles. The van der Waals surface area contributed by atoms with Gasteiger partial charge in [-0.3, -0.25) is 9.59 Å². The number of hydrogen-bond donors (Lipinski definition) is 1. The molecule has 0 saturated heterocycles. The van der Waals surface area contributed by atoms with Crippen molar-refractivity contribution >= 4 is 11.8 Å². The van der Waals surface area contributed by atoms with Gasteiger partial charge in [0.15, 0.2) is 11.5 Å². The van der Waals surface area contributed by atoms with E-state index in [1.807, 2.05) is 55.6 Å². The number of nitrogens with one attached hydrogen (secondary N) is 1. The molecule has 1 N–H and O–H groups in total. The molecule has 0 aliphatic heterocycles. The van der Waals surface area contributed by atoms with Crippen LogP contribution in [0.1, 0.15) is 47.9 Å². The SMILES string of the molecule is COc1cccc(CCc2c(CCNC(=O)CCCCC(=O)N(C)CCc3ccccc3)ccc(OC)c2OC)c1. The number of rotatable bonds is 17. The number of nitrogens with zero attached hydrogens (tertiary/aromatic N) is 1. The van der Waals surface area contributed by atoms with Gasteiger partial charge in [-0.05, 0) is 73.4 Å². The molecule has 0 heterocycles. The van der Waals surface area contributed by atoms with E-state index >= 15 is 0 Å². The number of unbranched alkanes of at least 4 members (excludes halogenated alkanes) is 1. The van der Waals surface area contributed by atoms with E-state index in [9.17, 15) is 9.59 Å². The van der Waals surface area contributed by atoms with Crippen LogP contribution in [0.3, 0.4) is 0 Å². The van der Waals surface area contributed by atoms with Gasteiger partial charge in [0.2, 0.25) is 11.8 Å². The van der Waals surface area contributed by atoms with Gasteiger partial charge in [-0.2, -0.15) is 0 Å². The fraction of sp³-hybridized carbons (Fsp3) is 0.412. The highest BCUT2D eigenvalue weighted by atomic mass is 16.5. The second-order valence-corrected chi connectivity index (χ2v) is 10.1. The molecule has 0 atom stereocenters. The Balaban J connectivity index is 1.44. The van der Waals surface area contributed by atoms with E-state index < -0.39 is 0 Å². The zero-order chi connectivity index (χ0) is 29.5. The summed E-state index contributed by atoms with van der Waals surface area (Å²) in [4.78, 5) is 26.7. The minimum absolute atomic E-state index is 0.00767. The van der Waals surface area contributed by atoms with Gasteiger partial charge < -0.3 is 24.4 Å². The summed E-state index contributed by atoms with van der Waals surface area (Å²) >= 11 is 0. The van der Waals surface area contributed by atoms with Gasteiger partial charge in [0.05, 0.1) is 21.3 Å². The van der Waals surface area contributed by atoms with Crippen LogP contribution in [0.4, 0.5) is 0 Å². The molecule has 3 aromatic rings.